The lowest BCUT2D eigenvalue weighted by Crippen LogP contribution is -2.39. The van der Waals surface area contributed by atoms with E-state index < -0.39 is 0 Å². The molecule has 1 heterocycles. The van der Waals surface area contributed by atoms with Crippen LogP contribution in [0.3, 0.4) is 0 Å². The van der Waals surface area contributed by atoms with Gasteiger partial charge < -0.3 is 10.1 Å². The third-order valence-electron chi connectivity index (χ3n) is 2.13. The molecule has 0 aromatic heterocycles. The van der Waals surface area contributed by atoms with Gasteiger partial charge in [-0.1, -0.05) is 0 Å². The molecule has 1 N–H and O–H groups in total. The zero-order chi connectivity index (χ0) is 10.4. The predicted molar refractivity (Wildman–Crippen MR) is 59.6 cm³/mol. The molecule has 0 unspecified atom stereocenters. The van der Waals surface area contributed by atoms with Crippen molar-refractivity contribution in [2.24, 2.45) is 0 Å². The largest absolute Gasteiger partial charge is 0.369 e. The van der Waals surface area contributed by atoms with Gasteiger partial charge in [0, 0.05) is 6.04 Å². The third kappa shape index (κ3) is 4.86. The van der Waals surface area contributed by atoms with Gasteiger partial charge in [-0.2, -0.15) is 11.8 Å². The summed E-state index contributed by atoms with van der Waals surface area (Å²) in [6.07, 6.45) is 2.32. The molecule has 0 aliphatic carbocycles. The van der Waals surface area contributed by atoms with Crippen LogP contribution in [0.1, 0.15) is 26.7 Å². The molecule has 0 spiro atoms. The Kier molecular flexibility index (Phi) is 5.33. The Bertz CT molecular complexity index is 179. The summed E-state index contributed by atoms with van der Waals surface area (Å²) in [6.45, 7) is 4.07. The predicted octanol–water partition coefficient (Wildman–Crippen LogP) is 1.42. The van der Waals surface area contributed by atoms with Gasteiger partial charge in [0.15, 0.2) is 0 Å². The minimum absolute atomic E-state index is 0.0237. The first-order chi connectivity index (χ1) is 6.68. The molecule has 0 aromatic carbocycles. The van der Waals surface area contributed by atoms with E-state index in [4.69, 9.17) is 4.74 Å². The Morgan fingerprint density at radius 1 is 1.50 bits per heavy atom. The number of carbonyl (C=O) groups excluding carboxylic acids is 1. The van der Waals surface area contributed by atoms with Gasteiger partial charge in [0.2, 0.25) is 5.91 Å². The molecule has 1 fully saturated rings. The zero-order valence-electron chi connectivity index (χ0n) is 8.91. The topological polar surface area (TPSA) is 38.3 Å². The summed E-state index contributed by atoms with van der Waals surface area (Å²) in [5.74, 6) is 2.35. The molecule has 0 bridgehead atoms. The molecule has 1 amide bonds. The van der Waals surface area contributed by atoms with E-state index in [-0.39, 0.29) is 18.6 Å². The highest BCUT2D eigenvalue weighted by molar-refractivity contribution is 7.99. The van der Waals surface area contributed by atoms with Gasteiger partial charge in [0.1, 0.15) is 6.61 Å². The number of rotatable bonds is 4. The van der Waals surface area contributed by atoms with Crippen LogP contribution in [0.2, 0.25) is 0 Å². The highest BCUT2D eigenvalue weighted by atomic mass is 32.2. The van der Waals surface area contributed by atoms with Gasteiger partial charge in [0.05, 0.1) is 6.10 Å². The van der Waals surface area contributed by atoms with E-state index in [1.165, 1.54) is 0 Å². The summed E-state index contributed by atoms with van der Waals surface area (Å²) in [4.78, 5) is 11.4. The Morgan fingerprint density at radius 2 is 2.14 bits per heavy atom. The normalized spacial score (nSPS) is 18.5. The Balaban J connectivity index is 2.12. The van der Waals surface area contributed by atoms with Crippen molar-refractivity contribution in [2.75, 3.05) is 18.1 Å². The minimum Gasteiger partial charge on any atom is -0.369 e. The lowest BCUT2D eigenvalue weighted by Gasteiger charge is -2.22. The van der Waals surface area contributed by atoms with Gasteiger partial charge in [-0.15, -0.1) is 0 Å². The molecule has 14 heavy (non-hydrogen) atoms. The van der Waals surface area contributed by atoms with Crippen LogP contribution in [0.5, 0.6) is 0 Å². The number of thioether (sulfide) groups is 1. The van der Waals surface area contributed by atoms with Crippen LogP contribution < -0.4 is 5.32 Å². The average molecular weight is 217 g/mol. The average Bonchev–Trinajstić information content (AvgIpc) is 2.16. The van der Waals surface area contributed by atoms with Crippen molar-refractivity contribution in [1.29, 1.82) is 0 Å². The second-order valence-corrected chi connectivity index (χ2v) is 5.04. The van der Waals surface area contributed by atoms with Crippen molar-refractivity contribution in [3.63, 3.8) is 0 Å². The SMILES string of the molecule is CC(C)OCC(=O)NC1CCSCC1. The van der Waals surface area contributed by atoms with Crippen molar-refractivity contribution >= 4 is 17.7 Å². The summed E-state index contributed by atoms with van der Waals surface area (Å²) in [5, 5.41) is 3.00. The molecule has 82 valence electrons. The lowest BCUT2D eigenvalue weighted by molar-refractivity contribution is -0.127. The van der Waals surface area contributed by atoms with Crippen LogP contribution in [0.15, 0.2) is 0 Å². The van der Waals surface area contributed by atoms with Crippen LogP contribution in [0.4, 0.5) is 0 Å². The van der Waals surface area contributed by atoms with Gasteiger partial charge in [-0.05, 0) is 38.2 Å². The number of amides is 1. The highest BCUT2D eigenvalue weighted by Crippen LogP contribution is 2.16. The molecule has 0 aromatic rings. The molecule has 4 heteroatoms. The number of carbonyl (C=O) groups is 1. The summed E-state index contributed by atoms with van der Waals surface area (Å²) in [5.41, 5.74) is 0. The van der Waals surface area contributed by atoms with Crippen LogP contribution in [0, 0.1) is 0 Å². The van der Waals surface area contributed by atoms with E-state index in [0.29, 0.717) is 6.04 Å². The molecule has 1 rings (SSSR count). The molecule has 0 saturated carbocycles. The molecule has 0 radical (unpaired) electrons. The van der Waals surface area contributed by atoms with E-state index in [0.717, 1.165) is 24.3 Å². The van der Waals surface area contributed by atoms with Gasteiger partial charge >= 0.3 is 0 Å². The van der Waals surface area contributed by atoms with E-state index in [9.17, 15) is 4.79 Å². The molecular formula is C10H19NO2S. The maximum Gasteiger partial charge on any atom is 0.246 e. The Morgan fingerprint density at radius 3 is 2.71 bits per heavy atom. The monoisotopic (exact) mass is 217 g/mol. The van der Waals surface area contributed by atoms with Crippen molar-refractivity contribution < 1.29 is 9.53 Å². The lowest BCUT2D eigenvalue weighted by atomic mass is 10.1. The van der Waals surface area contributed by atoms with Crippen LogP contribution in [0.25, 0.3) is 0 Å². The molecule has 3 nitrogen and oxygen atoms in total. The van der Waals surface area contributed by atoms with E-state index >= 15 is 0 Å². The van der Waals surface area contributed by atoms with Crippen molar-refractivity contribution in [1.82, 2.24) is 5.32 Å². The van der Waals surface area contributed by atoms with Crippen LogP contribution >= 0.6 is 11.8 Å². The maximum atomic E-state index is 11.4. The minimum atomic E-state index is 0.0237. The first-order valence-corrected chi connectivity index (χ1v) is 6.32. The Hall–Kier alpha value is -0.220. The van der Waals surface area contributed by atoms with Gasteiger partial charge in [-0.25, -0.2) is 0 Å². The van der Waals surface area contributed by atoms with E-state index in [2.05, 4.69) is 5.32 Å². The maximum absolute atomic E-state index is 11.4. The standard InChI is InChI=1S/C10H19NO2S/c1-8(2)13-7-10(12)11-9-3-5-14-6-4-9/h8-9H,3-7H2,1-2H3,(H,11,12). The van der Waals surface area contributed by atoms with Crippen LogP contribution in [-0.2, 0) is 9.53 Å². The molecule has 0 atom stereocenters. The summed E-state index contributed by atoms with van der Waals surface area (Å²) >= 11 is 1.96. The second-order valence-electron chi connectivity index (χ2n) is 3.81. The quantitative estimate of drug-likeness (QED) is 0.774. The fourth-order valence-corrected chi connectivity index (χ4v) is 2.46. The van der Waals surface area contributed by atoms with E-state index in [1.54, 1.807) is 0 Å². The summed E-state index contributed by atoms with van der Waals surface area (Å²) in [7, 11) is 0. The Labute approximate surface area is 90.0 Å². The highest BCUT2D eigenvalue weighted by Gasteiger charge is 2.15. The van der Waals surface area contributed by atoms with Crippen molar-refractivity contribution in [2.45, 2.75) is 38.8 Å². The number of hydrogen-bond acceptors (Lipinski definition) is 3. The molecular weight excluding hydrogens is 198 g/mol. The summed E-state index contributed by atoms with van der Waals surface area (Å²) in [6, 6.07) is 0.375. The molecule has 1 saturated heterocycles. The number of ether oxygens (including phenoxy) is 1. The van der Waals surface area contributed by atoms with Crippen LogP contribution in [-0.4, -0.2) is 36.2 Å². The summed E-state index contributed by atoms with van der Waals surface area (Å²) < 4.78 is 5.23. The van der Waals surface area contributed by atoms with Gasteiger partial charge in [0.25, 0.3) is 0 Å². The molecule has 1 aliphatic heterocycles. The fourth-order valence-electron chi connectivity index (χ4n) is 1.35. The fraction of sp³-hybridized carbons (Fsp3) is 0.900. The van der Waals surface area contributed by atoms with Gasteiger partial charge in [-0.3, -0.25) is 4.79 Å². The third-order valence-corrected chi connectivity index (χ3v) is 3.18. The number of hydrogen-bond donors (Lipinski definition) is 1. The van der Waals surface area contributed by atoms with Crippen molar-refractivity contribution in [3.05, 3.63) is 0 Å². The first-order valence-electron chi connectivity index (χ1n) is 5.17. The molecule has 1 aliphatic rings. The first kappa shape index (κ1) is 11.9. The van der Waals surface area contributed by atoms with Crippen molar-refractivity contribution in [3.8, 4) is 0 Å². The number of nitrogens with one attached hydrogen (secondary N) is 1. The smallest absolute Gasteiger partial charge is 0.246 e. The zero-order valence-corrected chi connectivity index (χ0v) is 9.73. The van der Waals surface area contributed by atoms with E-state index in [1.807, 2.05) is 25.6 Å². The second kappa shape index (κ2) is 6.30.